The predicted octanol–water partition coefficient (Wildman–Crippen LogP) is 4.52. The van der Waals surface area contributed by atoms with E-state index < -0.39 is 5.82 Å². The highest BCUT2D eigenvalue weighted by Crippen LogP contribution is 2.42. The number of hydrogen-bond acceptors (Lipinski definition) is 5. The fraction of sp³-hybridized carbons (Fsp3) is 0.190. The number of anilines is 1. The number of fused-ring (bicyclic) bond motifs is 4. The summed E-state index contributed by atoms with van der Waals surface area (Å²) in [4.78, 5) is 20.3. The first-order valence-electron chi connectivity index (χ1n) is 9.25. The van der Waals surface area contributed by atoms with Crippen molar-refractivity contribution in [1.29, 1.82) is 0 Å². The summed E-state index contributed by atoms with van der Waals surface area (Å²) in [6, 6.07) is 8.73. The molecular formula is C21H17BrFN5OS. The molecule has 1 atom stereocenters. The maximum atomic E-state index is 14.9. The monoisotopic (exact) mass is 485 g/mol. The number of carbonyl (C=O) groups is 1. The van der Waals surface area contributed by atoms with Gasteiger partial charge in [-0.25, -0.2) is 9.37 Å². The Morgan fingerprint density at radius 3 is 2.93 bits per heavy atom. The summed E-state index contributed by atoms with van der Waals surface area (Å²) in [5.74, 6) is 0.0217. The lowest BCUT2D eigenvalue weighted by Crippen LogP contribution is -2.32. The summed E-state index contributed by atoms with van der Waals surface area (Å²) in [5.41, 5.74) is 8.17. The molecule has 6 nitrogen and oxygen atoms in total. The van der Waals surface area contributed by atoms with Gasteiger partial charge < -0.3 is 10.6 Å². The highest BCUT2D eigenvalue weighted by Gasteiger charge is 2.31. The van der Waals surface area contributed by atoms with Crippen molar-refractivity contribution >= 4 is 61.2 Å². The van der Waals surface area contributed by atoms with Gasteiger partial charge in [-0.3, -0.25) is 9.48 Å². The van der Waals surface area contributed by atoms with Crippen LogP contribution in [0, 0.1) is 5.82 Å². The molecule has 2 N–H and O–H groups in total. The summed E-state index contributed by atoms with van der Waals surface area (Å²) >= 11 is 5.17. The zero-order valence-electron chi connectivity index (χ0n) is 16.2. The molecule has 0 fully saturated rings. The van der Waals surface area contributed by atoms with Crippen LogP contribution in [-0.2, 0) is 7.05 Å². The van der Waals surface area contributed by atoms with Crippen LogP contribution in [0.15, 0.2) is 45.9 Å². The molecule has 2 aromatic carbocycles. The molecule has 152 valence electrons. The van der Waals surface area contributed by atoms with E-state index >= 15 is 0 Å². The Morgan fingerprint density at radius 1 is 1.33 bits per heavy atom. The lowest BCUT2D eigenvalue weighted by molar-refractivity contribution is 0.0741. The predicted molar refractivity (Wildman–Crippen MR) is 120 cm³/mol. The highest BCUT2D eigenvalue weighted by atomic mass is 79.9. The van der Waals surface area contributed by atoms with Crippen LogP contribution in [0.3, 0.4) is 0 Å². The number of halogens is 2. The maximum absolute atomic E-state index is 14.9. The van der Waals surface area contributed by atoms with Gasteiger partial charge in [0.25, 0.3) is 5.91 Å². The molecule has 1 unspecified atom stereocenters. The second-order valence-electron chi connectivity index (χ2n) is 7.30. The lowest BCUT2D eigenvalue weighted by Gasteiger charge is -2.25. The fourth-order valence-corrected chi connectivity index (χ4v) is 5.81. The molecule has 9 heteroatoms. The van der Waals surface area contributed by atoms with Crippen LogP contribution in [0.2, 0.25) is 0 Å². The molecule has 3 heterocycles. The summed E-state index contributed by atoms with van der Waals surface area (Å²) in [6.45, 7) is 0. The molecule has 0 bridgehead atoms. The number of aryl methyl sites for hydroxylation is 1. The largest absolute Gasteiger partial charge is 0.382 e. The lowest BCUT2D eigenvalue weighted by atomic mass is 10.0. The number of benzene rings is 2. The molecule has 0 radical (unpaired) electrons. The maximum Gasteiger partial charge on any atom is 0.257 e. The number of pyridine rings is 1. The summed E-state index contributed by atoms with van der Waals surface area (Å²) < 4.78 is 17.6. The normalized spacial score (nSPS) is 15.7. The third-order valence-electron chi connectivity index (χ3n) is 5.55. The van der Waals surface area contributed by atoms with Gasteiger partial charge in [0.2, 0.25) is 0 Å². The van der Waals surface area contributed by atoms with E-state index in [1.54, 1.807) is 47.7 Å². The van der Waals surface area contributed by atoms with Crippen LogP contribution < -0.4 is 5.73 Å². The van der Waals surface area contributed by atoms with Gasteiger partial charge in [0, 0.05) is 46.1 Å². The smallest absolute Gasteiger partial charge is 0.257 e. The van der Waals surface area contributed by atoms with Gasteiger partial charge in [0.05, 0.1) is 23.3 Å². The summed E-state index contributed by atoms with van der Waals surface area (Å²) in [7, 11) is 3.48. The molecular weight excluding hydrogens is 469 g/mol. The second-order valence-corrected chi connectivity index (χ2v) is 9.28. The Labute approximate surface area is 184 Å². The van der Waals surface area contributed by atoms with Gasteiger partial charge in [-0.05, 0) is 23.8 Å². The van der Waals surface area contributed by atoms with Crippen molar-refractivity contribution in [3.8, 4) is 0 Å². The number of nitrogen functional groups attached to an aromatic ring is 1. The van der Waals surface area contributed by atoms with Crippen molar-refractivity contribution in [2.75, 3.05) is 18.5 Å². The number of nitrogens with two attached hydrogens (primary N) is 1. The molecule has 0 saturated heterocycles. The van der Waals surface area contributed by atoms with Gasteiger partial charge in [-0.1, -0.05) is 22.0 Å². The van der Waals surface area contributed by atoms with Crippen molar-refractivity contribution in [3.63, 3.8) is 0 Å². The molecule has 0 aliphatic carbocycles. The number of carbonyl (C=O) groups excluding carboxylic acids is 1. The fourth-order valence-electron chi connectivity index (χ4n) is 3.97. The van der Waals surface area contributed by atoms with E-state index in [2.05, 4.69) is 26.0 Å². The zero-order valence-corrected chi connectivity index (χ0v) is 18.6. The first-order valence-corrected chi connectivity index (χ1v) is 11.0. The Morgan fingerprint density at radius 2 is 2.13 bits per heavy atom. The summed E-state index contributed by atoms with van der Waals surface area (Å²) in [6.07, 6.45) is 1.66. The van der Waals surface area contributed by atoms with E-state index in [9.17, 15) is 9.18 Å². The second kappa shape index (κ2) is 6.95. The van der Waals surface area contributed by atoms with E-state index in [1.807, 2.05) is 18.2 Å². The van der Waals surface area contributed by atoms with Gasteiger partial charge in [0.15, 0.2) is 0 Å². The zero-order chi connectivity index (χ0) is 21.2. The van der Waals surface area contributed by atoms with E-state index in [0.717, 1.165) is 26.1 Å². The number of aromatic nitrogens is 3. The molecule has 2 aromatic heterocycles. The van der Waals surface area contributed by atoms with Crippen molar-refractivity contribution in [1.82, 2.24) is 19.7 Å². The van der Waals surface area contributed by atoms with E-state index in [1.165, 1.54) is 6.07 Å². The minimum Gasteiger partial charge on any atom is -0.382 e. The molecule has 5 rings (SSSR count). The van der Waals surface area contributed by atoms with Crippen LogP contribution in [-0.4, -0.2) is 38.4 Å². The average molecular weight is 486 g/mol. The number of nitrogens with zero attached hydrogens (tertiary/aromatic N) is 4. The van der Waals surface area contributed by atoms with E-state index in [-0.39, 0.29) is 23.3 Å². The van der Waals surface area contributed by atoms with Crippen LogP contribution in [0.1, 0.15) is 22.0 Å². The van der Waals surface area contributed by atoms with Crippen LogP contribution in [0.25, 0.3) is 21.8 Å². The Kier molecular flexibility index (Phi) is 4.48. The summed E-state index contributed by atoms with van der Waals surface area (Å²) in [5, 5.41) is 5.62. The van der Waals surface area contributed by atoms with Gasteiger partial charge in [-0.15, -0.1) is 11.8 Å². The minimum atomic E-state index is -0.615. The molecule has 1 amide bonds. The minimum absolute atomic E-state index is 0.0114. The molecule has 0 saturated carbocycles. The van der Waals surface area contributed by atoms with Crippen LogP contribution >= 0.6 is 27.7 Å². The van der Waals surface area contributed by atoms with Gasteiger partial charge in [-0.2, -0.15) is 5.10 Å². The third kappa shape index (κ3) is 2.87. The molecule has 1 aliphatic heterocycles. The van der Waals surface area contributed by atoms with Crippen LogP contribution in [0.5, 0.6) is 0 Å². The topological polar surface area (TPSA) is 77.0 Å². The van der Waals surface area contributed by atoms with Gasteiger partial charge >= 0.3 is 0 Å². The van der Waals surface area contributed by atoms with Crippen molar-refractivity contribution < 1.29 is 9.18 Å². The number of hydrogen-bond donors (Lipinski definition) is 1. The average Bonchev–Trinajstić information content (AvgIpc) is 3.30. The first-order chi connectivity index (χ1) is 14.3. The number of thioether (sulfide) groups is 1. The molecule has 1 aliphatic rings. The Bertz CT molecular complexity index is 1350. The highest BCUT2D eigenvalue weighted by molar-refractivity contribution is 9.10. The quantitative estimate of drug-likeness (QED) is 0.451. The molecule has 4 aromatic rings. The van der Waals surface area contributed by atoms with E-state index in [4.69, 9.17) is 5.73 Å². The number of amides is 1. The SMILES string of the molecule is CN(C(=O)c1cc2c(cc1F)nc(N)c1c2cnn1C)C1CSc2cc(Br)ccc21. The van der Waals surface area contributed by atoms with Gasteiger partial charge in [0.1, 0.15) is 17.2 Å². The van der Waals surface area contributed by atoms with Crippen molar-refractivity contribution in [3.05, 3.63) is 57.9 Å². The number of rotatable bonds is 2. The van der Waals surface area contributed by atoms with Crippen molar-refractivity contribution in [2.24, 2.45) is 7.05 Å². The van der Waals surface area contributed by atoms with E-state index in [0.29, 0.717) is 16.4 Å². The van der Waals surface area contributed by atoms with Crippen LogP contribution in [0.4, 0.5) is 10.2 Å². The molecule has 30 heavy (non-hydrogen) atoms. The first kappa shape index (κ1) is 19.3. The standard InChI is InChI=1S/C21H17BrFN5OS/c1-27(17-9-30-18-5-10(22)3-4-11(17)18)21(29)13-6-12-14-8-25-28(2)19(14)20(24)26-16(12)7-15(13)23/h3-8,17H,9H2,1-2H3,(H2,24,26). The third-order valence-corrected chi connectivity index (χ3v) is 7.19. The Balaban J connectivity index is 1.59. The molecule has 0 spiro atoms. The Hall–Kier alpha value is -2.65. The van der Waals surface area contributed by atoms with Crippen molar-refractivity contribution in [2.45, 2.75) is 10.9 Å².